The Morgan fingerprint density at radius 2 is 1.31 bits per heavy atom. The Hall–Kier alpha value is -2.70. The fourth-order valence-electron chi connectivity index (χ4n) is 6.12. The minimum atomic E-state index is 0.0562. The Morgan fingerprint density at radius 1 is 0.786 bits per heavy atom. The van der Waals surface area contributed by atoms with Crippen LogP contribution in [0.25, 0.3) is 0 Å². The molecule has 2 aromatic rings. The van der Waals surface area contributed by atoms with E-state index in [0.717, 1.165) is 51.6 Å². The molecule has 6 heteroatoms. The van der Waals surface area contributed by atoms with Gasteiger partial charge in [0, 0.05) is 51.1 Å². The molecular formula is C36H56N4O2. The van der Waals surface area contributed by atoms with Gasteiger partial charge in [0.05, 0.1) is 0 Å². The highest BCUT2D eigenvalue weighted by atomic mass is 16.2. The van der Waals surface area contributed by atoms with Gasteiger partial charge in [0.1, 0.15) is 0 Å². The van der Waals surface area contributed by atoms with Crippen LogP contribution in [0.4, 0.5) is 0 Å². The zero-order valence-corrected chi connectivity index (χ0v) is 27.2. The molecule has 1 fully saturated rings. The van der Waals surface area contributed by atoms with Gasteiger partial charge < -0.3 is 20.9 Å². The standard InChI is InChI=1S/C36H56N4O2/c1-26(2)21-34-25-39(35(41)16-14-31-12-10-27(3)29(5)22-31)33(9-7-8-19-38-20-18-37)24-40(34)36(42)17-15-32-13-11-28(4)30(6)23-32/h10-13,22-23,26,33-34,38H,7-9,14-21,24-25,37H2,1-6H3. The fraction of sp³-hybridized carbons (Fsp3) is 0.611. The number of carbonyl (C=O) groups is 2. The van der Waals surface area contributed by atoms with Gasteiger partial charge in [-0.2, -0.15) is 0 Å². The average molecular weight is 577 g/mol. The monoisotopic (exact) mass is 576 g/mol. The molecule has 2 atom stereocenters. The van der Waals surface area contributed by atoms with Gasteiger partial charge in [-0.1, -0.05) is 56.7 Å². The number of nitrogens with zero attached hydrogens (tertiary/aromatic N) is 2. The smallest absolute Gasteiger partial charge is 0.223 e. The van der Waals surface area contributed by atoms with Gasteiger partial charge in [0.25, 0.3) is 0 Å². The van der Waals surface area contributed by atoms with Crippen molar-refractivity contribution in [1.29, 1.82) is 0 Å². The summed E-state index contributed by atoms with van der Waals surface area (Å²) in [5.41, 5.74) is 13.1. The second-order valence-electron chi connectivity index (χ2n) is 12.9. The molecule has 0 spiro atoms. The topological polar surface area (TPSA) is 78.7 Å². The first-order chi connectivity index (χ1) is 20.1. The summed E-state index contributed by atoms with van der Waals surface area (Å²) in [6.07, 6.45) is 6.39. The maximum absolute atomic E-state index is 13.8. The summed E-state index contributed by atoms with van der Waals surface area (Å²) in [5, 5.41) is 3.38. The van der Waals surface area contributed by atoms with Crippen molar-refractivity contribution in [3.05, 3.63) is 69.8 Å². The lowest BCUT2D eigenvalue weighted by Gasteiger charge is -2.47. The van der Waals surface area contributed by atoms with Crippen LogP contribution in [0.3, 0.4) is 0 Å². The molecule has 1 saturated heterocycles. The van der Waals surface area contributed by atoms with Crippen molar-refractivity contribution in [2.45, 2.75) is 105 Å². The van der Waals surface area contributed by atoms with Crippen molar-refractivity contribution in [2.75, 3.05) is 32.7 Å². The zero-order valence-electron chi connectivity index (χ0n) is 27.2. The Balaban J connectivity index is 1.73. The van der Waals surface area contributed by atoms with Gasteiger partial charge in [-0.3, -0.25) is 9.59 Å². The van der Waals surface area contributed by atoms with Gasteiger partial charge in [-0.15, -0.1) is 0 Å². The normalized spacial score (nSPS) is 17.2. The Labute approximate surface area is 255 Å². The van der Waals surface area contributed by atoms with Crippen LogP contribution in [0.15, 0.2) is 36.4 Å². The van der Waals surface area contributed by atoms with E-state index in [1.54, 1.807) is 0 Å². The van der Waals surface area contributed by atoms with E-state index in [4.69, 9.17) is 5.73 Å². The van der Waals surface area contributed by atoms with Crippen molar-refractivity contribution in [3.63, 3.8) is 0 Å². The highest BCUT2D eigenvalue weighted by molar-refractivity contribution is 5.79. The molecular weight excluding hydrogens is 520 g/mol. The van der Waals surface area contributed by atoms with Crippen molar-refractivity contribution in [1.82, 2.24) is 15.1 Å². The number of unbranched alkanes of at least 4 members (excludes halogenated alkanes) is 1. The van der Waals surface area contributed by atoms with Gasteiger partial charge in [-0.05, 0) is 106 Å². The fourth-order valence-corrected chi connectivity index (χ4v) is 6.12. The number of aryl methyl sites for hydroxylation is 6. The predicted molar refractivity (Wildman–Crippen MR) is 175 cm³/mol. The lowest BCUT2D eigenvalue weighted by atomic mass is 9.94. The third-order valence-electron chi connectivity index (χ3n) is 8.94. The molecule has 232 valence electrons. The molecule has 1 aliphatic heterocycles. The van der Waals surface area contributed by atoms with Gasteiger partial charge in [-0.25, -0.2) is 0 Å². The molecule has 6 nitrogen and oxygen atoms in total. The SMILES string of the molecule is Cc1ccc(CCC(=O)N2CC(CC(C)C)N(C(=O)CCc3ccc(C)c(C)c3)CC2CCCCNCCN)cc1C. The van der Waals surface area contributed by atoms with Crippen molar-refractivity contribution >= 4 is 11.8 Å². The van der Waals surface area contributed by atoms with E-state index in [2.05, 4.69) is 93.1 Å². The Kier molecular flexibility index (Phi) is 13.5. The number of piperazine rings is 1. The lowest BCUT2D eigenvalue weighted by Crippen LogP contribution is -2.61. The molecule has 0 saturated carbocycles. The molecule has 3 N–H and O–H groups in total. The maximum Gasteiger partial charge on any atom is 0.223 e. The minimum absolute atomic E-state index is 0.0562. The summed E-state index contributed by atoms with van der Waals surface area (Å²) >= 11 is 0. The number of amides is 2. The molecule has 42 heavy (non-hydrogen) atoms. The number of hydrogen-bond acceptors (Lipinski definition) is 4. The van der Waals surface area contributed by atoms with E-state index < -0.39 is 0 Å². The molecule has 1 heterocycles. The number of hydrogen-bond donors (Lipinski definition) is 2. The van der Waals surface area contributed by atoms with Crippen LogP contribution in [-0.2, 0) is 22.4 Å². The summed E-state index contributed by atoms with van der Waals surface area (Å²) < 4.78 is 0. The lowest BCUT2D eigenvalue weighted by molar-refractivity contribution is -0.147. The number of benzene rings is 2. The number of carbonyl (C=O) groups excluding carboxylic acids is 2. The average Bonchev–Trinajstić information content (AvgIpc) is 2.95. The van der Waals surface area contributed by atoms with Crippen LogP contribution >= 0.6 is 0 Å². The van der Waals surface area contributed by atoms with Crippen LogP contribution in [0.2, 0.25) is 0 Å². The van der Waals surface area contributed by atoms with E-state index in [-0.39, 0.29) is 23.9 Å². The van der Waals surface area contributed by atoms with Crippen LogP contribution < -0.4 is 11.1 Å². The van der Waals surface area contributed by atoms with E-state index in [0.29, 0.717) is 38.4 Å². The Bertz CT molecular complexity index is 1160. The number of nitrogens with one attached hydrogen (secondary N) is 1. The quantitative estimate of drug-likeness (QED) is 0.268. The summed E-state index contributed by atoms with van der Waals surface area (Å²) in [7, 11) is 0. The first kappa shape index (κ1) is 33.8. The minimum Gasteiger partial charge on any atom is -0.336 e. The first-order valence-electron chi connectivity index (χ1n) is 16.2. The van der Waals surface area contributed by atoms with E-state index in [1.807, 2.05) is 0 Å². The van der Waals surface area contributed by atoms with Crippen LogP contribution in [-0.4, -0.2) is 66.4 Å². The van der Waals surface area contributed by atoms with E-state index in [9.17, 15) is 9.59 Å². The van der Waals surface area contributed by atoms with Gasteiger partial charge in [0.2, 0.25) is 11.8 Å². The number of nitrogens with two attached hydrogens (primary N) is 1. The molecule has 0 radical (unpaired) electrons. The molecule has 2 amide bonds. The molecule has 0 aromatic heterocycles. The predicted octanol–water partition coefficient (Wildman–Crippen LogP) is 5.66. The summed E-state index contributed by atoms with van der Waals surface area (Å²) in [6, 6.07) is 13.1. The summed E-state index contributed by atoms with van der Waals surface area (Å²) in [5.74, 6) is 0.883. The largest absolute Gasteiger partial charge is 0.336 e. The molecule has 0 bridgehead atoms. The third-order valence-corrected chi connectivity index (χ3v) is 8.94. The highest BCUT2D eigenvalue weighted by Crippen LogP contribution is 2.26. The van der Waals surface area contributed by atoms with Crippen molar-refractivity contribution in [3.8, 4) is 0 Å². The summed E-state index contributed by atoms with van der Waals surface area (Å²) in [4.78, 5) is 31.8. The van der Waals surface area contributed by atoms with Crippen molar-refractivity contribution < 1.29 is 9.59 Å². The molecule has 2 unspecified atom stereocenters. The second-order valence-corrected chi connectivity index (χ2v) is 12.9. The van der Waals surface area contributed by atoms with Crippen LogP contribution in [0.5, 0.6) is 0 Å². The van der Waals surface area contributed by atoms with E-state index in [1.165, 1.54) is 33.4 Å². The van der Waals surface area contributed by atoms with Crippen molar-refractivity contribution in [2.24, 2.45) is 11.7 Å². The third kappa shape index (κ3) is 10.2. The molecule has 3 rings (SSSR count). The Morgan fingerprint density at radius 3 is 1.81 bits per heavy atom. The second kappa shape index (κ2) is 16.8. The molecule has 0 aliphatic carbocycles. The molecule has 1 aliphatic rings. The number of rotatable bonds is 15. The first-order valence-corrected chi connectivity index (χ1v) is 16.2. The van der Waals surface area contributed by atoms with Gasteiger partial charge >= 0.3 is 0 Å². The van der Waals surface area contributed by atoms with Gasteiger partial charge in [0.15, 0.2) is 0 Å². The highest BCUT2D eigenvalue weighted by Gasteiger charge is 2.38. The van der Waals surface area contributed by atoms with Crippen LogP contribution in [0, 0.1) is 33.6 Å². The zero-order chi connectivity index (χ0) is 30.6. The van der Waals surface area contributed by atoms with Crippen LogP contribution in [0.1, 0.15) is 85.8 Å². The summed E-state index contributed by atoms with van der Waals surface area (Å²) in [6.45, 7) is 16.6. The van der Waals surface area contributed by atoms with E-state index >= 15 is 0 Å². The molecule has 2 aromatic carbocycles. The maximum atomic E-state index is 13.8.